The van der Waals surface area contributed by atoms with Crippen LogP contribution in [0.3, 0.4) is 0 Å². The fraction of sp³-hybridized carbons (Fsp3) is 0.400. The first kappa shape index (κ1) is 13.4. The van der Waals surface area contributed by atoms with Gasteiger partial charge in [-0.1, -0.05) is 17.3 Å². The van der Waals surface area contributed by atoms with Gasteiger partial charge in [0.25, 0.3) is 0 Å². The van der Waals surface area contributed by atoms with E-state index in [4.69, 9.17) is 15.1 Å². The van der Waals surface area contributed by atoms with Crippen LogP contribution < -0.4 is 10.3 Å². The Bertz CT molecular complexity index is 325. The van der Waals surface area contributed by atoms with Crippen molar-refractivity contribution in [2.24, 2.45) is 0 Å². The molecule has 16 heavy (non-hydrogen) atoms. The molecule has 0 saturated heterocycles. The Hall–Kier alpha value is -0.660. The van der Waals surface area contributed by atoms with Crippen LogP contribution >= 0.6 is 15.9 Å². The number of hydrogen-bond acceptors (Lipinski definition) is 5. The van der Waals surface area contributed by atoms with Crippen LogP contribution in [0.2, 0.25) is 0 Å². The molecule has 1 unspecified atom stereocenters. The molecule has 1 atom stereocenters. The molecule has 3 N–H and O–H groups in total. The monoisotopic (exact) mass is 290 g/mol. The highest BCUT2D eigenvalue weighted by Gasteiger charge is 2.06. The topological polar surface area (TPSA) is 65.0 Å². The standard InChI is InChI=1S/C10H15BrN2O3/c1-13(12-6-8(15)7-14)16-10-5-3-2-4-9(10)11/h2-5,8,12,14-15H,6-7H2,1H3. The minimum Gasteiger partial charge on any atom is -0.394 e. The first-order valence-corrected chi connectivity index (χ1v) is 5.61. The van der Waals surface area contributed by atoms with E-state index < -0.39 is 6.10 Å². The Morgan fingerprint density at radius 1 is 1.50 bits per heavy atom. The maximum atomic E-state index is 9.12. The van der Waals surface area contributed by atoms with Gasteiger partial charge in [-0.25, -0.2) is 5.43 Å². The Morgan fingerprint density at radius 2 is 2.19 bits per heavy atom. The summed E-state index contributed by atoms with van der Waals surface area (Å²) in [5.74, 6) is 0.663. The van der Waals surface area contributed by atoms with E-state index >= 15 is 0 Å². The molecule has 0 radical (unpaired) electrons. The van der Waals surface area contributed by atoms with Gasteiger partial charge in [0.05, 0.1) is 17.2 Å². The normalized spacial score (nSPS) is 12.8. The van der Waals surface area contributed by atoms with Crippen LogP contribution in [0.1, 0.15) is 0 Å². The van der Waals surface area contributed by atoms with Crippen molar-refractivity contribution in [3.05, 3.63) is 28.7 Å². The number of benzene rings is 1. The Morgan fingerprint density at radius 3 is 2.81 bits per heavy atom. The van der Waals surface area contributed by atoms with Gasteiger partial charge in [-0.05, 0) is 28.1 Å². The fourth-order valence-electron chi connectivity index (χ4n) is 0.997. The molecular weight excluding hydrogens is 276 g/mol. The molecule has 0 aliphatic rings. The molecule has 0 amide bonds. The van der Waals surface area contributed by atoms with Crippen molar-refractivity contribution >= 4 is 15.9 Å². The number of hydrazine groups is 1. The van der Waals surface area contributed by atoms with E-state index in [-0.39, 0.29) is 13.2 Å². The number of hydrogen-bond donors (Lipinski definition) is 3. The van der Waals surface area contributed by atoms with Crippen molar-refractivity contribution in [1.29, 1.82) is 0 Å². The van der Waals surface area contributed by atoms with Crippen molar-refractivity contribution in [3.8, 4) is 5.75 Å². The second-order valence-corrected chi connectivity index (χ2v) is 4.07. The molecule has 0 fully saturated rings. The molecule has 0 heterocycles. The first-order valence-electron chi connectivity index (χ1n) is 4.82. The quantitative estimate of drug-likeness (QED) is 0.667. The lowest BCUT2D eigenvalue weighted by atomic mass is 10.3. The van der Waals surface area contributed by atoms with Crippen molar-refractivity contribution in [1.82, 2.24) is 10.6 Å². The van der Waals surface area contributed by atoms with Crippen molar-refractivity contribution in [2.45, 2.75) is 6.10 Å². The lowest BCUT2D eigenvalue weighted by Gasteiger charge is -2.20. The number of nitrogens with zero attached hydrogens (tertiary/aromatic N) is 1. The summed E-state index contributed by atoms with van der Waals surface area (Å²) in [4.78, 5) is 5.42. The summed E-state index contributed by atoms with van der Waals surface area (Å²) in [5, 5.41) is 19.1. The largest absolute Gasteiger partial charge is 0.394 e. The fourth-order valence-corrected chi connectivity index (χ4v) is 1.35. The van der Waals surface area contributed by atoms with Gasteiger partial charge in [-0.2, -0.15) is 0 Å². The van der Waals surface area contributed by atoms with E-state index in [1.807, 2.05) is 24.3 Å². The summed E-state index contributed by atoms with van der Waals surface area (Å²) in [6.45, 7) is -0.0622. The molecule has 5 nitrogen and oxygen atoms in total. The van der Waals surface area contributed by atoms with Gasteiger partial charge in [-0.3, -0.25) is 0 Å². The number of rotatable bonds is 6. The van der Waals surface area contributed by atoms with Gasteiger partial charge in [0.15, 0.2) is 5.75 Å². The molecule has 0 aromatic heterocycles. The second kappa shape index (κ2) is 6.82. The number of nitrogens with one attached hydrogen (secondary N) is 1. The zero-order valence-electron chi connectivity index (χ0n) is 8.93. The van der Waals surface area contributed by atoms with Crippen molar-refractivity contribution in [2.75, 3.05) is 20.2 Å². The van der Waals surface area contributed by atoms with E-state index in [0.29, 0.717) is 5.75 Å². The number of hydroxylamine groups is 1. The van der Waals surface area contributed by atoms with E-state index in [0.717, 1.165) is 4.47 Å². The van der Waals surface area contributed by atoms with Gasteiger partial charge in [0, 0.05) is 13.6 Å². The summed E-state index contributed by atoms with van der Waals surface area (Å²) < 4.78 is 0.839. The first-order chi connectivity index (χ1) is 7.63. The second-order valence-electron chi connectivity index (χ2n) is 3.22. The number of aliphatic hydroxyl groups excluding tert-OH is 2. The highest BCUT2D eigenvalue weighted by atomic mass is 79.9. The summed E-state index contributed by atoms with van der Waals surface area (Å²) in [6, 6.07) is 7.42. The average molecular weight is 291 g/mol. The lowest BCUT2D eigenvalue weighted by Crippen LogP contribution is -2.42. The average Bonchev–Trinajstić information content (AvgIpc) is 2.29. The Kier molecular flexibility index (Phi) is 5.72. The van der Waals surface area contributed by atoms with E-state index in [1.165, 1.54) is 5.17 Å². The minimum atomic E-state index is -0.801. The van der Waals surface area contributed by atoms with Gasteiger partial charge in [-0.15, -0.1) is 0 Å². The molecule has 0 aliphatic carbocycles. The van der Waals surface area contributed by atoms with E-state index in [1.54, 1.807) is 7.05 Å². The molecule has 90 valence electrons. The molecule has 6 heteroatoms. The zero-order valence-corrected chi connectivity index (χ0v) is 10.5. The van der Waals surface area contributed by atoms with Crippen LogP contribution in [-0.2, 0) is 0 Å². The van der Waals surface area contributed by atoms with Crippen LogP contribution in [0, 0.1) is 0 Å². The maximum absolute atomic E-state index is 9.12. The van der Waals surface area contributed by atoms with E-state index in [2.05, 4.69) is 21.4 Å². The third kappa shape index (κ3) is 4.46. The summed E-state index contributed by atoms with van der Waals surface area (Å²) in [5.41, 5.74) is 2.79. The molecule has 1 aromatic carbocycles. The third-order valence-electron chi connectivity index (χ3n) is 1.83. The predicted octanol–water partition coefficient (Wildman–Crippen LogP) is 0.532. The number of aliphatic hydroxyl groups is 2. The minimum absolute atomic E-state index is 0.220. The van der Waals surface area contributed by atoms with Crippen LogP contribution in [0.4, 0.5) is 0 Å². The molecular formula is C10H15BrN2O3. The SMILES string of the molecule is CN(NCC(O)CO)Oc1ccccc1Br. The summed E-state index contributed by atoms with van der Waals surface area (Å²) in [6.07, 6.45) is -0.801. The van der Waals surface area contributed by atoms with Crippen molar-refractivity contribution in [3.63, 3.8) is 0 Å². The highest BCUT2D eigenvalue weighted by Crippen LogP contribution is 2.23. The Labute approximate surface area is 103 Å². The molecule has 1 rings (SSSR count). The number of para-hydroxylation sites is 1. The maximum Gasteiger partial charge on any atom is 0.163 e. The van der Waals surface area contributed by atoms with Crippen LogP contribution in [0.5, 0.6) is 5.75 Å². The number of halogens is 1. The van der Waals surface area contributed by atoms with Crippen molar-refractivity contribution < 1.29 is 15.1 Å². The third-order valence-corrected chi connectivity index (χ3v) is 2.49. The smallest absolute Gasteiger partial charge is 0.163 e. The summed E-state index contributed by atoms with van der Waals surface area (Å²) >= 11 is 3.35. The molecule has 0 spiro atoms. The zero-order chi connectivity index (χ0) is 12.0. The molecule has 0 bridgehead atoms. The molecule has 0 aliphatic heterocycles. The molecule has 0 saturated carbocycles. The van der Waals surface area contributed by atoms with Crippen LogP contribution in [0.25, 0.3) is 0 Å². The lowest BCUT2D eigenvalue weighted by molar-refractivity contribution is -0.0908. The highest BCUT2D eigenvalue weighted by molar-refractivity contribution is 9.10. The molecule has 1 aromatic rings. The van der Waals surface area contributed by atoms with Gasteiger partial charge < -0.3 is 15.1 Å². The van der Waals surface area contributed by atoms with Crippen LogP contribution in [0.15, 0.2) is 28.7 Å². The summed E-state index contributed by atoms with van der Waals surface area (Å²) in [7, 11) is 1.67. The van der Waals surface area contributed by atoms with Crippen LogP contribution in [-0.4, -0.2) is 41.7 Å². The predicted molar refractivity (Wildman–Crippen MR) is 63.6 cm³/mol. The van der Waals surface area contributed by atoms with Gasteiger partial charge in [0.2, 0.25) is 0 Å². The van der Waals surface area contributed by atoms with Gasteiger partial charge in [0.1, 0.15) is 0 Å². The Balaban J connectivity index is 2.40. The van der Waals surface area contributed by atoms with E-state index in [9.17, 15) is 0 Å². The van der Waals surface area contributed by atoms with Gasteiger partial charge >= 0.3 is 0 Å².